The fourth-order valence-electron chi connectivity index (χ4n) is 1.20. The smallest absolute Gasteiger partial charge is 0.136 e. The maximum absolute atomic E-state index is 9.99. The summed E-state index contributed by atoms with van der Waals surface area (Å²) in [5.74, 6) is 0.707. The van der Waals surface area contributed by atoms with Gasteiger partial charge in [0.1, 0.15) is 22.2 Å². The molecule has 0 aliphatic heterocycles. The lowest BCUT2D eigenvalue weighted by Gasteiger charge is -2.09. The summed E-state index contributed by atoms with van der Waals surface area (Å²) < 4.78 is 5.11. The van der Waals surface area contributed by atoms with Gasteiger partial charge in [0.2, 0.25) is 0 Å². The Balaban J connectivity index is 2.94. The molecule has 0 spiro atoms. The van der Waals surface area contributed by atoms with Gasteiger partial charge in [-0.3, -0.25) is 5.41 Å². The zero-order valence-electron chi connectivity index (χ0n) is 9.12. The van der Waals surface area contributed by atoms with E-state index in [9.17, 15) is 5.11 Å². The van der Waals surface area contributed by atoms with Crippen LogP contribution < -0.4 is 5.32 Å². The van der Waals surface area contributed by atoms with E-state index in [2.05, 4.69) is 26.4 Å². The van der Waals surface area contributed by atoms with Crippen LogP contribution in [0, 0.1) is 5.41 Å². The summed E-state index contributed by atoms with van der Waals surface area (Å²) in [5, 5.41) is 24.0. The topological polar surface area (TPSA) is 82.1 Å². The van der Waals surface area contributed by atoms with E-state index in [1.54, 1.807) is 19.3 Å². The first-order chi connectivity index (χ1) is 7.60. The summed E-state index contributed by atoms with van der Waals surface area (Å²) in [5.41, 5.74) is 0.806. The second-order valence-corrected chi connectivity index (χ2v) is 3.97. The standard InChI is InChI=1S/C10H14BrN3O2/c1-3-6-4-8(14-16-6)9(15)7(5-13-2)10(11)12/h4-5,9,12-13,15H,3H2,1-2H3/b7-5-,12-10?. The molecule has 1 atom stereocenters. The largest absolute Gasteiger partial charge is 0.394 e. The molecule has 1 rings (SSSR count). The molecule has 16 heavy (non-hydrogen) atoms. The SMILES string of the molecule is CCc1cc(C(O)/C(=C/NC)C(=N)Br)no1. The molecule has 0 saturated heterocycles. The van der Waals surface area contributed by atoms with Gasteiger partial charge in [-0.2, -0.15) is 0 Å². The van der Waals surface area contributed by atoms with Crippen LogP contribution in [0.4, 0.5) is 0 Å². The summed E-state index contributed by atoms with van der Waals surface area (Å²) in [4.78, 5) is 0. The number of halogens is 1. The normalized spacial score (nSPS) is 13.6. The number of hydrogen-bond donors (Lipinski definition) is 3. The molecule has 0 radical (unpaired) electrons. The molecule has 88 valence electrons. The molecule has 1 aromatic rings. The first-order valence-electron chi connectivity index (χ1n) is 4.85. The molecular formula is C10H14BrN3O2. The molecule has 5 nitrogen and oxygen atoms in total. The minimum Gasteiger partial charge on any atom is -0.394 e. The minimum absolute atomic E-state index is 0.107. The Morgan fingerprint density at radius 2 is 2.50 bits per heavy atom. The van der Waals surface area contributed by atoms with Crippen molar-refractivity contribution in [3.63, 3.8) is 0 Å². The van der Waals surface area contributed by atoms with E-state index in [0.717, 1.165) is 6.42 Å². The fraction of sp³-hybridized carbons (Fsp3) is 0.400. The predicted octanol–water partition coefficient (Wildman–Crippen LogP) is 1.75. The average molecular weight is 288 g/mol. The Morgan fingerprint density at radius 1 is 1.81 bits per heavy atom. The van der Waals surface area contributed by atoms with Gasteiger partial charge >= 0.3 is 0 Å². The highest BCUT2D eigenvalue weighted by atomic mass is 79.9. The Bertz CT molecular complexity index is 401. The molecule has 1 unspecified atom stereocenters. The van der Waals surface area contributed by atoms with Crippen LogP contribution in [0.25, 0.3) is 0 Å². The number of aromatic nitrogens is 1. The van der Waals surface area contributed by atoms with Crippen molar-refractivity contribution in [1.82, 2.24) is 10.5 Å². The van der Waals surface area contributed by atoms with Crippen LogP contribution in [0.2, 0.25) is 0 Å². The highest BCUT2D eigenvalue weighted by Gasteiger charge is 2.19. The fourth-order valence-corrected chi connectivity index (χ4v) is 1.53. The zero-order chi connectivity index (χ0) is 12.1. The molecule has 1 heterocycles. The van der Waals surface area contributed by atoms with E-state index >= 15 is 0 Å². The molecule has 0 aromatic carbocycles. The Hall–Kier alpha value is -1.14. The van der Waals surface area contributed by atoms with Gasteiger partial charge in [-0.15, -0.1) is 0 Å². The first kappa shape index (κ1) is 12.9. The van der Waals surface area contributed by atoms with Crippen LogP contribution in [0.1, 0.15) is 24.5 Å². The number of aliphatic hydroxyl groups is 1. The van der Waals surface area contributed by atoms with E-state index in [1.165, 1.54) is 0 Å². The summed E-state index contributed by atoms with van der Waals surface area (Å²) >= 11 is 3.02. The second-order valence-electron chi connectivity index (χ2n) is 3.18. The molecule has 6 heteroatoms. The maximum atomic E-state index is 9.99. The molecule has 3 N–H and O–H groups in total. The van der Waals surface area contributed by atoms with Crippen molar-refractivity contribution in [3.05, 3.63) is 29.3 Å². The van der Waals surface area contributed by atoms with Gasteiger partial charge in [-0.05, 0) is 15.9 Å². The van der Waals surface area contributed by atoms with E-state index in [1.807, 2.05) is 6.92 Å². The monoisotopic (exact) mass is 287 g/mol. The van der Waals surface area contributed by atoms with Gasteiger partial charge in [0, 0.05) is 31.3 Å². The van der Waals surface area contributed by atoms with Gasteiger partial charge in [0.25, 0.3) is 0 Å². The van der Waals surface area contributed by atoms with Gasteiger partial charge in [0.05, 0.1) is 0 Å². The van der Waals surface area contributed by atoms with Gasteiger partial charge < -0.3 is 14.9 Å². The van der Waals surface area contributed by atoms with E-state index in [0.29, 0.717) is 17.0 Å². The molecule has 1 aromatic heterocycles. The number of nitrogens with zero attached hydrogens (tertiary/aromatic N) is 1. The third-order valence-corrected chi connectivity index (χ3v) is 2.51. The summed E-state index contributed by atoms with van der Waals surface area (Å²) in [6, 6.07) is 1.68. The first-order valence-corrected chi connectivity index (χ1v) is 5.64. The van der Waals surface area contributed by atoms with Gasteiger partial charge in [0.15, 0.2) is 0 Å². The molecule has 0 aliphatic carbocycles. The number of rotatable bonds is 5. The molecule has 0 bridgehead atoms. The summed E-state index contributed by atoms with van der Waals surface area (Å²) in [6.45, 7) is 1.94. The number of nitrogens with one attached hydrogen (secondary N) is 2. The third kappa shape index (κ3) is 2.93. The Kier molecular flexibility index (Phi) is 4.70. The lowest BCUT2D eigenvalue weighted by molar-refractivity contribution is 0.209. The van der Waals surface area contributed by atoms with Crippen molar-refractivity contribution in [1.29, 1.82) is 5.41 Å². The Labute approximate surface area is 102 Å². The predicted molar refractivity (Wildman–Crippen MR) is 64.6 cm³/mol. The van der Waals surface area contributed by atoms with Crippen molar-refractivity contribution in [2.45, 2.75) is 19.4 Å². The molecular weight excluding hydrogens is 274 g/mol. The van der Waals surface area contributed by atoms with Crippen molar-refractivity contribution in [2.24, 2.45) is 0 Å². The molecule has 0 fully saturated rings. The molecule has 0 amide bonds. The van der Waals surface area contributed by atoms with Crippen molar-refractivity contribution in [3.8, 4) is 0 Å². The highest BCUT2D eigenvalue weighted by Crippen LogP contribution is 2.23. The Morgan fingerprint density at radius 3 is 2.94 bits per heavy atom. The van der Waals surface area contributed by atoms with Gasteiger partial charge in [-0.1, -0.05) is 12.1 Å². The van der Waals surface area contributed by atoms with Crippen molar-refractivity contribution < 1.29 is 9.63 Å². The zero-order valence-corrected chi connectivity index (χ0v) is 10.7. The summed E-state index contributed by atoms with van der Waals surface area (Å²) in [7, 11) is 1.70. The minimum atomic E-state index is -0.969. The number of aryl methyl sites for hydroxylation is 1. The summed E-state index contributed by atoms with van der Waals surface area (Å²) in [6.07, 6.45) is 1.29. The van der Waals surface area contributed by atoms with Crippen LogP contribution >= 0.6 is 15.9 Å². The van der Waals surface area contributed by atoms with Crippen LogP contribution in [0.5, 0.6) is 0 Å². The van der Waals surface area contributed by atoms with Crippen LogP contribution in [-0.2, 0) is 6.42 Å². The quantitative estimate of drug-likeness (QED) is 0.721. The molecule has 0 saturated carbocycles. The highest BCUT2D eigenvalue weighted by molar-refractivity contribution is 9.18. The lowest BCUT2D eigenvalue weighted by atomic mass is 10.1. The second kappa shape index (κ2) is 5.81. The molecule has 0 aliphatic rings. The van der Waals surface area contributed by atoms with Crippen LogP contribution in [-0.4, -0.2) is 21.9 Å². The van der Waals surface area contributed by atoms with Crippen molar-refractivity contribution in [2.75, 3.05) is 7.05 Å². The van der Waals surface area contributed by atoms with E-state index in [-0.39, 0.29) is 4.62 Å². The number of hydrogen-bond acceptors (Lipinski definition) is 5. The van der Waals surface area contributed by atoms with Gasteiger partial charge in [-0.25, -0.2) is 0 Å². The van der Waals surface area contributed by atoms with Crippen LogP contribution in [0.15, 0.2) is 22.4 Å². The average Bonchev–Trinajstić information content (AvgIpc) is 2.73. The lowest BCUT2D eigenvalue weighted by Crippen LogP contribution is -2.10. The van der Waals surface area contributed by atoms with Crippen LogP contribution in [0.3, 0.4) is 0 Å². The third-order valence-electron chi connectivity index (χ3n) is 2.05. The van der Waals surface area contributed by atoms with E-state index in [4.69, 9.17) is 9.93 Å². The maximum Gasteiger partial charge on any atom is 0.136 e. The van der Waals surface area contributed by atoms with Crippen molar-refractivity contribution >= 4 is 20.6 Å². The number of aliphatic hydroxyl groups excluding tert-OH is 1. The van der Waals surface area contributed by atoms with E-state index < -0.39 is 6.10 Å².